The molecule has 0 radical (unpaired) electrons. The fraction of sp³-hybridized carbons (Fsp3) is 0.538. The number of hydrogen-bond acceptors (Lipinski definition) is 3. The molecule has 1 aromatic carbocycles. The number of aliphatic hydroxyl groups is 1. The molecule has 2 rings (SSSR count). The first kappa shape index (κ1) is 12.7. The Labute approximate surface area is 106 Å². The van der Waals surface area contributed by atoms with Crippen LogP contribution in [-0.4, -0.2) is 24.9 Å². The minimum Gasteiger partial charge on any atom is -0.493 e. The molecule has 1 aliphatic heterocycles. The summed E-state index contributed by atoms with van der Waals surface area (Å²) >= 11 is 5.90. The van der Waals surface area contributed by atoms with E-state index in [1.54, 1.807) is 25.1 Å². The van der Waals surface area contributed by atoms with Gasteiger partial charge in [-0.3, -0.25) is 0 Å². The Morgan fingerprint density at radius 1 is 1.59 bits per heavy atom. The molecule has 2 unspecified atom stereocenters. The first-order valence-corrected chi connectivity index (χ1v) is 6.22. The molecule has 0 amide bonds. The van der Waals surface area contributed by atoms with E-state index in [-0.39, 0.29) is 0 Å². The minimum absolute atomic E-state index is 0.451. The molecule has 4 heteroatoms. The van der Waals surface area contributed by atoms with Crippen LogP contribution in [0.1, 0.15) is 25.0 Å². The predicted molar refractivity (Wildman–Crippen MR) is 66.5 cm³/mol. The Morgan fingerprint density at radius 2 is 2.41 bits per heavy atom. The number of benzene rings is 1. The maximum absolute atomic E-state index is 9.66. The first-order valence-electron chi connectivity index (χ1n) is 5.85. The lowest BCUT2D eigenvalue weighted by atomic mass is 10.1. The van der Waals surface area contributed by atoms with Gasteiger partial charge in [-0.15, -0.1) is 0 Å². The molecular weight excluding hydrogens is 240 g/mol. The van der Waals surface area contributed by atoms with Gasteiger partial charge in [0.05, 0.1) is 19.3 Å². The SMILES string of the molecule is CC(O)c1cc(Cl)ccc1OCC1CCOC1. The molecule has 1 aliphatic rings. The van der Waals surface area contributed by atoms with Gasteiger partial charge in [0.25, 0.3) is 0 Å². The molecule has 0 aliphatic carbocycles. The standard InChI is InChI=1S/C13H17ClO3/c1-9(15)12-6-11(14)2-3-13(12)17-8-10-4-5-16-7-10/h2-3,6,9-10,15H,4-5,7-8H2,1H3. The van der Waals surface area contributed by atoms with E-state index in [4.69, 9.17) is 21.1 Å². The number of ether oxygens (including phenoxy) is 2. The molecular formula is C13H17ClO3. The lowest BCUT2D eigenvalue weighted by Crippen LogP contribution is -2.12. The van der Waals surface area contributed by atoms with Gasteiger partial charge in [-0.25, -0.2) is 0 Å². The molecule has 0 saturated carbocycles. The molecule has 1 aromatic rings. The smallest absolute Gasteiger partial charge is 0.125 e. The zero-order valence-electron chi connectivity index (χ0n) is 9.86. The van der Waals surface area contributed by atoms with Crippen molar-refractivity contribution in [1.29, 1.82) is 0 Å². The zero-order valence-corrected chi connectivity index (χ0v) is 10.6. The Bertz CT molecular complexity index is 373. The van der Waals surface area contributed by atoms with Crippen LogP contribution in [0.5, 0.6) is 5.75 Å². The highest BCUT2D eigenvalue weighted by molar-refractivity contribution is 6.30. The molecule has 1 N–H and O–H groups in total. The van der Waals surface area contributed by atoms with Crippen LogP contribution in [0.2, 0.25) is 5.02 Å². The van der Waals surface area contributed by atoms with Crippen molar-refractivity contribution in [3.05, 3.63) is 28.8 Å². The molecule has 94 valence electrons. The van der Waals surface area contributed by atoms with E-state index >= 15 is 0 Å². The Kier molecular flexibility index (Phi) is 4.26. The second-order valence-corrected chi connectivity index (χ2v) is 4.84. The average Bonchev–Trinajstić information content (AvgIpc) is 2.80. The summed E-state index contributed by atoms with van der Waals surface area (Å²) in [5.74, 6) is 1.16. The molecule has 17 heavy (non-hydrogen) atoms. The third-order valence-corrected chi connectivity index (χ3v) is 3.16. The van der Waals surface area contributed by atoms with Gasteiger partial charge in [0.2, 0.25) is 0 Å². The number of hydrogen-bond donors (Lipinski definition) is 1. The molecule has 0 bridgehead atoms. The van der Waals surface area contributed by atoms with Crippen molar-refractivity contribution in [2.45, 2.75) is 19.4 Å². The van der Waals surface area contributed by atoms with Crippen molar-refractivity contribution in [1.82, 2.24) is 0 Å². The summed E-state index contributed by atoms with van der Waals surface area (Å²) in [6.07, 6.45) is 0.459. The molecule has 0 spiro atoms. The van der Waals surface area contributed by atoms with Gasteiger partial charge < -0.3 is 14.6 Å². The summed E-state index contributed by atoms with van der Waals surface area (Å²) in [5.41, 5.74) is 0.733. The summed E-state index contributed by atoms with van der Waals surface area (Å²) in [4.78, 5) is 0. The molecule has 0 aromatic heterocycles. The van der Waals surface area contributed by atoms with Gasteiger partial charge in [0, 0.05) is 23.1 Å². The van der Waals surface area contributed by atoms with Crippen LogP contribution in [0.4, 0.5) is 0 Å². The van der Waals surface area contributed by atoms with Gasteiger partial charge in [-0.05, 0) is 31.5 Å². The third-order valence-electron chi connectivity index (χ3n) is 2.92. The minimum atomic E-state index is -0.580. The van der Waals surface area contributed by atoms with Gasteiger partial charge in [0.15, 0.2) is 0 Å². The fourth-order valence-corrected chi connectivity index (χ4v) is 2.08. The number of aliphatic hydroxyl groups excluding tert-OH is 1. The first-order chi connectivity index (χ1) is 8.16. The summed E-state index contributed by atoms with van der Waals surface area (Å²) in [7, 11) is 0. The van der Waals surface area contributed by atoms with Gasteiger partial charge in [-0.2, -0.15) is 0 Å². The molecule has 1 heterocycles. The highest BCUT2D eigenvalue weighted by Gasteiger charge is 2.17. The van der Waals surface area contributed by atoms with Gasteiger partial charge in [-0.1, -0.05) is 11.6 Å². The van der Waals surface area contributed by atoms with Gasteiger partial charge in [0.1, 0.15) is 5.75 Å². The highest BCUT2D eigenvalue weighted by atomic mass is 35.5. The monoisotopic (exact) mass is 256 g/mol. The summed E-state index contributed by atoms with van der Waals surface area (Å²) < 4.78 is 11.0. The number of rotatable bonds is 4. The van der Waals surface area contributed by atoms with E-state index in [0.29, 0.717) is 23.3 Å². The third kappa shape index (κ3) is 3.35. The Morgan fingerprint density at radius 3 is 3.06 bits per heavy atom. The van der Waals surface area contributed by atoms with Crippen molar-refractivity contribution in [3.8, 4) is 5.75 Å². The van der Waals surface area contributed by atoms with E-state index in [9.17, 15) is 5.11 Å². The summed E-state index contributed by atoms with van der Waals surface area (Å²) in [6, 6.07) is 5.32. The van der Waals surface area contributed by atoms with E-state index in [1.807, 2.05) is 0 Å². The summed E-state index contributed by atoms with van der Waals surface area (Å²) in [6.45, 7) is 3.91. The topological polar surface area (TPSA) is 38.7 Å². The Balaban J connectivity index is 2.03. The van der Waals surface area contributed by atoms with Crippen LogP contribution in [-0.2, 0) is 4.74 Å². The van der Waals surface area contributed by atoms with Crippen molar-refractivity contribution >= 4 is 11.6 Å². The molecule has 2 atom stereocenters. The van der Waals surface area contributed by atoms with E-state index < -0.39 is 6.10 Å². The van der Waals surface area contributed by atoms with E-state index in [0.717, 1.165) is 25.2 Å². The zero-order chi connectivity index (χ0) is 12.3. The van der Waals surface area contributed by atoms with Crippen LogP contribution >= 0.6 is 11.6 Å². The Hall–Kier alpha value is -0.770. The lowest BCUT2D eigenvalue weighted by molar-refractivity contribution is 0.162. The largest absolute Gasteiger partial charge is 0.493 e. The van der Waals surface area contributed by atoms with Crippen LogP contribution in [0.25, 0.3) is 0 Å². The normalized spacial score (nSPS) is 21.5. The van der Waals surface area contributed by atoms with Crippen molar-refractivity contribution in [2.24, 2.45) is 5.92 Å². The molecule has 1 saturated heterocycles. The van der Waals surface area contributed by atoms with Crippen LogP contribution in [0.15, 0.2) is 18.2 Å². The second kappa shape index (κ2) is 5.71. The van der Waals surface area contributed by atoms with Crippen LogP contribution in [0.3, 0.4) is 0 Å². The van der Waals surface area contributed by atoms with Crippen LogP contribution in [0, 0.1) is 5.92 Å². The van der Waals surface area contributed by atoms with Crippen molar-refractivity contribution in [3.63, 3.8) is 0 Å². The molecule has 1 fully saturated rings. The van der Waals surface area contributed by atoms with Gasteiger partial charge >= 0.3 is 0 Å². The fourth-order valence-electron chi connectivity index (χ4n) is 1.90. The van der Waals surface area contributed by atoms with Crippen LogP contribution < -0.4 is 4.74 Å². The average molecular weight is 257 g/mol. The predicted octanol–water partition coefficient (Wildman–Crippen LogP) is 2.81. The highest BCUT2D eigenvalue weighted by Crippen LogP contribution is 2.29. The second-order valence-electron chi connectivity index (χ2n) is 4.40. The maximum atomic E-state index is 9.66. The quantitative estimate of drug-likeness (QED) is 0.900. The number of halogens is 1. The van der Waals surface area contributed by atoms with Crippen molar-refractivity contribution in [2.75, 3.05) is 19.8 Å². The molecule has 3 nitrogen and oxygen atoms in total. The van der Waals surface area contributed by atoms with Crippen molar-refractivity contribution < 1.29 is 14.6 Å². The lowest BCUT2D eigenvalue weighted by Gasteiger charge is -2.15. The summed E-state index contributed by atoms with van der Waals surface area (Å²) in [5, 5.41) is 10.3. The van der Waals surface area contributed by atoms with E-state index in [2.05, 4.69) is 0 Å². The van der Waals surface area contributed by atoms with E-state index in [1.165, 1.54) is 0 Å². The maximum Gasteiger partial charge on any atom is 0.125 e.